The fourth-order valence-corrected chi connectivity index (χ4v) is 3.32. The number of hydrogen-bond acceptors (Lipinski definition) is 1. The van der Waals surface area contributed by atoms with Gasteiger partial charge in [-0.3, -0.25) is 12.2 Å². The second-order valence-electron chi connectivity index (χ2n) is 8.57. The third kappa shape index (κ3) is 6.97. The van der Waals surface area contributed by atoms with E-state index in [0.29, 0.717) is 0 Å². The fraction of sp³-hybridized carbons (Fsp3) is 0.667. The van der Waals surface area contributed by atoms with E-state index in [1.165, 1.54) is 46.3 Å². The van der Waals surface area contributed by atoms with Crippen molar-refractivity contribution in [3.05, 3.63) is 45.6 Å². The summed E-state index contributed by atoms with van der Waals surface area (Å²) in [7, 11) is 0. The predicted molar refractivity (Wildman–Crippen MR) is 115 cm³/mol. The van der Waals surface area contributed by atoms with E-state index in [4.69, 9.17) is 4.74 Å². The molecule has 0 atom stereocenters. The first kappa shape index (κ1) is 26.2. The van der Waals surface area contributed by atoms with Crippen molar-refractivity contribution in [3.8, 4) is 0 Å². The molecule has 1 heterocycles. The van der Waals surface area contributed by atoms with Crippen LogP contribution in [0.5, 0.6) is 0 Å². The van der Waals surface area contributed by atoms with Crippen molar-refractivity contribution in [3.63, 3.8) is 0 Å². The molecule has 142 valence electrons. The molecule has 0 bridgehead atoms. The topological polar surface area (TPSA) is 9.23 Å². The van der Waals surface area contributed by atoms with Crippen LogP contribution in [0.25, 0.3) is 0 Å². The molecule has 0 unspecified atom stereocenters. The summed E-state index contributed by atoms with van der Waals surface area (Å²) < 4.78 is 4.94. The van der Waals surface area contributed by atoms with Crippen LogP contribution in [0, 0.1) is 23.0 Å². The predicted octanol–water partition coefficient (Wildman–Crippen LogP) is 6.64. The van der Waals surface area contributed by atoms with Crippen molar-refractivity contribution in [2.75, 3.05) is 13.2 Å². The normalized spacial score (nSPS) is 22.7. The molecule has 1 saturated heterocycles. The van der Waals surface area contributed by atoms with Crippen LogP contribution in [-0.2, 0) is 4.74 Å². The minimum atomic E-state index is 0. The first-order valence-corrected chi connectivity index (χ1v) is 9.58. The third-order valence-corrected chi connectivity index (χ3v) is 5.95. The maximum Gasteiger partial charge on any atom is 2.00 e. The Labute approximate surface area is 193 Å². The number of rotatable bonds is 0. The minimum absolute atomic E-state index is 0. The van der Waals surface area contributed by atoms with Gasteiger partial charge in [-0.05, 0) is 12.8 Å². The Morgan fingerprint density at radius 2 is 0.962 bits per heavy atom. The Balaban J connectivity index is 0.000000372. The van der Waals surface area contributed by atoms with Crippen molar-refractivity contribution in [1.82, 2.24) is 0 Å². The Kier molecular flexibility index (Phi) is 10.7. The molecule has 3 aliphatic rings. The molecule has 3 rings (SSSR count). The average molecular weight is 383 g/mol. The number of hydrogen-bond donors (Lipinski definition) is 0. The maximum atomic E-state index is 4.94. The molecule has 2 heteroatoms. The zero-order valence-electron chi connectivity index (χ0n) is 18.9. The van der Waals surface area contributed by atoms with E-state index < -0.39 is 0 Å². The largest absolute Gasteiger partial charge is 2.00 e. The van der Waals surface area contributed by atoms with E-state index in [1.54, 1.807) is 0 Å². The minimum Gasteiger partial charge on any atom is -0.381 e. The van der Waals surface area contributed by atoms with Crippen molar-refractivity contribution in [2.45, 2.75) is 82.1 Å². The molecule has 0 amide bonds. The average Bonchev–Trinajstić information content (AvgIpc) is 3.18. The fourth-order valence-electron chi connectivity index (χ4n) is 3.32. The summed E-state index contributed by atoms with van der Waals surface area (Å²) in [5, 5.41) is 0. The molecule has 0 saturated carbocycles. The van der Waals surface area contributed by atoms with Crippen LogP contribution in [0.2, 0.25) is 0 Å². The Hall–Kier alpha value is 0.180. The first-order valence-electron chi connectivity index (χ1n) is 9.58. The molecule has 0 radical (unpaired) electrons. The van der Waals surface area contributed by atoms with Gasteiger partial charge in [-0.15, -0.1) is 13.8 Å². The summed E-state index contributed by atoms with van der Waals surface area (Å²) in [4.78, 5) is 0. The molecule has 2 aliphatic carbocycles. The van der Waals surface area contributed by atoms with E-state index in [-0.39, 0.29) is 48.6 Å². The van der Waals surface area contributed by atoms with Gasteiger partial charge in [-0.2, -0.15) is 22.3 Å². The van der Waals surface area contributed by atoms with Gasteiger partial charge in [0.15, 0.2) is 0 Å². The smallest absolute Gasteiger partial charge is 0.381 e. The van der Waals surface area contributed by atoms with E-state index in [9.17, 15) is 0 Å². The molecule has 1 aliphatic heterocycles. The molecule has 0 spiro atoms. The van der Waals surface area contributed by atoms with Crippen LogP contribution in [0.15, 0.2) is 33.4 Å². The maximum absolute atomic E-state index is 4.94. The van der Waals surface area contributed by atoms with Crippen LogP contribution < -0.4 is 0 Å². The van der Waals surface area contributed by atoms with Crippen LogP contribution >= 0.6 is 0 Å². The van der Waals surface area contributed by atoms with Gasteiger partial charge in [-0.1, -0.05) is 66.2 Å². The van der Waals surface area contributed by atoms with Gasteiger partial charge in [0.25, 0.3) is 0 Å². The van der Waals surface area contributed by atoms with Crippen LogP contribution in [0.4, 0.5) is 0 Å². The van der Waals surface area contributed by atoms with Crippen LogP contribution in [0.1, 0.15) is 82.1 Å². The van der Waals surface area contributed by atoms with Gasteiger partial charge in [0.05, 0.1) is 0 Å². The second kappa shape index (κ2) is 10.6. The molecule has 0 aromatic carbocycles. The van der Waals surface area contributed by atoms with E-state index >= 15 is 0 Å². The summed E-state index contributed by atoms with van der Waals surface area (Å²) in [5.74, 6) is 0. The van der Waals surface area contributed by atoms with Crippen LogP contribution in [0.3, 0.4) is 0 Å². The van der Waals surface area contributed by atoms with Crippen molar-refractivity contribution in [2.24, 2.45) is 10.8 Å². The first-order chi connectivity index (χ1) is 11.4. The molecule has 1 nitrogen and oxygen atoms in total. The number of ether oxygens (including phenoxy) is 1. The molecular formula is C24H38CaO. The monoisotopic (exact) mass is 382 g/mol. The molecule has 26 heavy (non-hydrogen) atoms. The molecule has 0 aromatic heterocycles. The van der Waals surface area contributed by atoms with Gasteiger partial charge in [-0.25, -0.2) is 11.1 Å². The Morgan fingerprint density at radius 1 is 0.654 bits per heavy atom. The summed E-state index contributed by atoms with van der Waals surface area (Å²) in [6, 6.07) is 0. The molecular weight excluding hydrogens is 344 g/mol. The van der Waals surface area contributed by atoms with Crippen molar-refractivity contribution < 1.29 is 4.74 Å². The Morgan fingerprint density at radius 3 is 1.04 bits per heavy atom. The van der Waals surface area contributed by atoms with Crippen molar-refractivity contribution >= 4 is 37.7 Å². The zero-order valence-corrected chi connectivity index (χ0v) is 21.2. The standard InChI is InChI=1S/2C10H15.C4H8O.Ca/c2*1-7-6-10(4,5)9(3)8(7)2;1-2-4-5-3-1;/h2*1-5H3;1-4H2;/q2*-1;;+2. The van der Waals surface area contributed by atoms with Gasteiger partial charge >= 0.3 is 37.7 Å². The number of allylic oxidation sites excluding steroid dienone is 8. The third-order valence-electron chi connectivity index (χ3n) is 5.95. The van der Waals surface area contributed by atoms with Gasteiger partial charge in [0.2, 0.25) is 0 Å². The Bertz CT molecular complexity index is 551. The van der Waals surface area contributed by atoms with Gasteiger partial charge < -0.3 is 4.74 Å². The summed E-state index contributed by atoms with van der Waals surface area (Å²) >= 11 is 0. The van der Waals surface area contributed by atoms with Gasteiger partial charge in [0, 0.05) is 13.2 Å². The van der Waals surface area contributed by atoms with E-state index in [1.807, 2.05) is 0 Å². The summed E-state index contributed by atoms with van der Waals surface area (Å²) in [5.41, 5.74) is 8.79. The summed E-state index contributed by atoms with van der Waals surface area (Å²) in [6.07, 6.45) is 9.43. The molecule has 1 fully saturated rings. The van der Waals surface area contributed by atoms with Crippen molar-refractivity contribution in [1.29, 1.82) is 0 Å². The zero-order chi connectivity index (χ0) is 19.4. The SMILES string of the molecule is C1CCOC1.CC1=[C-]C(C)(C)C(C)=C1C.CC1=[C-]C(C)(C)C(C)=C1C.[Ca+2]. The molecule has 0 N–H and O–H groups in total. The quantitative estimate of drug-likeness (QED) is 0.337. The van der Waals surface area contributed by atoms with Gasteiger partial charge in [0.1, 0.15) is 0 Å². The van der Waals surface area contributed by atoms with E-state index in [2.05, 4.69) is 81.4 Å². The summed E-state index contributed by atoms with van der Waals surface area (Å²) in [6.45, 7) is 23.8. The van der Waals surface area contributed by atoms with E-state index in [0.717, 1.165) is 13.2 Å². The second-order valence-corrected chi connectivity index (χ2v) is 8.57. The molecule has 0 aromatic rings. The van der Waals surface area contributed by atoms with Crippen LogP contribution in [-0.4, -0.2) is 51.0 Å².